The largest absolute Gasteiger partial charge is 0.478 e. The second-order valence-electron chi connectivity index (χ2n) is 2.76. The van der Waals surface area contributed by atoms with Gasteiger partial charge < -0.3 is 15.1 Å². The lowest BCUT2D eigenvalue weighted by Crippen LogP contribution is -1.97. The van der Waals surface area contributed by atoms with E-state index in [2.05, 4.69) is 9.97 Å². The molecule has 4 nitrogen and oxygen atoms in total. The molecule has 0 aliphatic heterocycles. The van der Waals surface area contributed by atoms with Gasteiger partial charge in [-0.05, 0) is 24.4 Å². The summed E-state index contributed by atoms with van der Waals surface area (Å²) in [4.78, 5) is 16.4. The maximum absolute atomic E-state index is 10.8. The summed E-state index contributed by atoms with van der Waals surface area (Å²) in [6.07, 6.45) is 0. The smallest absolute Gasteiger partial charge is 0.337 e. The molecule has 0 bridgehead atoms. The molecule has 14 heavy (non-hydrogen) atoms. The van der Waals surface area contributed by atoms with E-state index in [9.17, 15) is 4.79 Å². The van der Waals surface area contributed by atoms with Crippen LogP contribution in [0, 0.1) is 4.77 Å². The molecule has 0 saturated carbocycles. The van der Waals surface area contributed by atoms with E-state index in [4.69, 9.17) is 28.9 Å². The fraction of sp³-hybridized carbons (Fsp3) is 0. The number of aromatic amines is 2. The van der Waals surface area contributed by atoms with Gasteiger partial charge in [0, 0.05) is 5.02 Å². The fourth-order valence-corrected chi connectivity index (χ4v) is 1.71. The Morgan fingerprint density at radius 1 is 1.43 bits per heavy atom. The molecule has 1 heterocycles. The van der Waals surface area contributed by atoms with Crippen molar-refractivity contribution >= 4 is 40.8 Å². The van der Waals surface area contributed by atoms with Crippen molar-refractivity contribution < 1.29 is 9.90 Å². The Kier molecular flexibility index (Phi) is 2.05. The number of rotatable bonds is 1. The minimum absolute atomic E-state index is 0.111. The Balaban J connectivity index is 2.92. The van der Waals surface area contributed by atoms with Crippen molar-refractivity contribution in [3.8, 4) is 0 Å². The molecular formula is C8H5ClN2O2S. The van der Waals surface area contributed by atoms with Crippen LogP contribution in [0.2, 0.25) is 5.02 Å². The second-order valence-corrected chi connectivity index (χ2v) is 3.60. The van der Waals surface area contributed by atoms with Crippen LogP contribution in [-0.4, -0.2) is 21.0 Å². The Bertz CT molecular complexity index is 572. The Labute approximate surface area is 88.5 Å². The molecule has 0 saturated heterocycles. The Morgan fingerprint density at radius 3 is 2.79 bits per heavy atom. The molecule has 0 spiro atoms. The van der Waals surface area contributed by atoms with Gasteiger partial charge in [-0.2, -0.15) is 0 Å². The number of halogens is 1. The van der Waals surface area contributed by atoms with E-state index in [1.807, 2.05) is 0 Å². The monoisotopic (exact) mass is 228 g/mol. The second kappa shape index (κ2) is 3.11. The summed E-state index contributed by atoms with van der Waals surface area (Å²) in [6, 6.07) is 3.00. The number of aromatic carboxylic acids is 1. The minimum atomic E-state index is -1.04. The van der Waals surface area contributed by atoms with E-state index in [-0.39, 0.29) is 5.56 Å². The zero-order chi connectivity index (χ0) is 10.3. The van der Waals surface area contributed by atoms with Crippen LogP contribution in [0.5, 0.6) is 0 Å². The van der Waals surface area contributed by atoms with E-state index in [1.54, 1.807) is 6.07 Å². The summed E-state index contributed by atoms with van der Waals surface area (Å²) in [5.74, 6) is -1.04. The van der Waals surface area contributed by atoms with E-state index >= 15 is 0 Å². The number of imidazole rings is 1. The van der Waals surface area contributed by atoms with E-state index in [0.717, 1.165) is 0 Å². The summed E-state index contributed by atoms with van der Waals surface area (Å²) in [7, 11) is 0. The molecule has 0 aliphatic rings. The van der Waals surface area contributed by atoms with E-state index in [1.165, 1.54) is 6.07 Å². The molecule has 0 atom stereocenters. The Morgan fingerprint density at radius 2 is 2.14 bits per heavy atom. The molecule has 0 aliphatic carbocycles. The Hall–Kier alpha value is -1.33. The third-order valence-corrected chi connectivity index (χ3v) is 2.24. The van der Waals surface area contributed by atoms with Gasteiger partial charge in [0.15, 0.2) is 4.77 Å². The third kappa shape index (κ3) is 1.40. The molecule has 0 fully saturated rings. The van der Waals surface area contributed by atoms with Crippen LogP contribution in [0.1, 0.15) is 10.4 Å². The SMILES string of the molecule is O=C(O)c1cc(Cl)cc2[nH]c(=S)[nH]c12. The number of carboxylic acid groups (broad SMARTS) is 1. The lowest BCUT2D eigenvalue weighted by Gasteiger charge is -1.97. The van der Waals surface area contributed by atoms with Gasteiger partial charge in [0.1, 0.15) is 0 Å². The van der Waals surface area contributed by atoms with Crippen molar-refractivity contribution in [1.82, 2.24) is 9.97 Å². The molecule has 3 N–H and O–H groups in total. The first-order chi connectivity index (χ1) is 6.58. The van der Waals surface area contributed by atoms with Gasteiger partial charge in [-0.15, -0.1) is 0 Å². The van der Waals surface area contributed by atoms with Crippen LogP contribution in [0.15, 0.2) is 12.1 Å². The molecule has 0 unspecified atom stereocenters. The number of hydrogen-bond donors (Lipinski definition) is 3. The average molecular weight is 229 g/mol. The van der Waals surface area contributed by atoms with E-state index in [0.29, 0.717) is 20.8 Å². The first kappa shape index (κ1) is 9.23. The number of benzene rings is 1. The number of carbonyl (C=O) groups is 1. The predicted molar refractivity (Wildman–Crippen MR) is 55.5 cm³/mol. The third-order valence-electron chi connectivity index (χ3n) is 1.82. The number of aromatic nitrogens is 2. The maximum atomic E-state index is 10.8. The minimum Gasteiger partial charge on any atom is -0.478 e. The average Bonchev–Trinajstić information content (AvgIpc) is 2.42. The lowest BCUT2D eigenvalue weighted by atomic mass is 10.2. The number of H-pyrrole nitrogens is 2. The lowest BCUT2D eigenvalue weighted by molar-refractivity contribution is 0.0699. The topological polar surface area (TPSA) is 68.9 Å². The van der Waals surface area contributed by atoms with Crippen molar-refractivity contribution in [3.05, 3.63) is 27.5 Å². The highest BCUT2D eigenvalue weighted by atomic mass is 35.5. The van der Waals surface area contributed by atoms with Crippen LogP contribution in [0.3, 0.4) is 0 Å². The molecule has 0 radical (unpaired) electrons. The van der Waals surface area contributed by atoms with Gasteiger partial charge in [-0.1, -0.05) is 11.6 Å². The fourth-order valence-electron chi connectivity index (χ4n) is 1.28. The van der Waals surface area contributed by atoms with Gasteiger partial charge in [0.25, 0.3) is 0 Å². The predicted octanol–water partition coefficient (Wildman–Crippen LogP) is 2.58. The molecule has 2 rings (SSSR count). The first-order valence-electron chi connectivity index (χ1n) is 3.73. The quantitative estimate of drug-likeness (QED) is 0.657. The van der Waals surface area contributed by atoms with Gasteiger partial charge in [0.05, 0.1) is 16.6 Å². The zero-order valence-corrected chi connectivity index (χ0v) is 8.37. The molecule has 6 heteroatoms. The van der Waals surface area contributed by atoms with Crippen LogP contribution in [-0.2, 0) is 0 Å². The molecule has 1 aromatic heterocycles. The molecule has 72 valence electrons. The van der Waals surface area contributed by atoms with Gasteiger partial charge in [-0.25, -0.2) is 4.79 Å². The van der Waals surface area contributed by atoms with E-state index < -0.39 is 5.97 Å². The van der Waals surface area contributed by atoms with Crippen molar-refractivity contribution in [2.75, 3.05) is 0 Å². The summed E-state index contributed by atoms with van der Waals surface area (Å²) in [6.45, 7) is 0. The summed E-state index contributed by atoms with van der Waals surface area (Å²) < 4.78 is 0.379. The number of hydrogen-bond acceptors (Lipinski definition) is 2. The standard InChI is InChI=1S/C8H5ClN2O2S/c9-3-1-4(7(12)13)6-5(2-3)10-8(14)11-6/h1-2H,(H,12,13)(H2,10,11,14). The van der Waals surface area contributed by atoms with Gasteiger partial charge in [0.2, 0.25) is 0 Å². The number of fused-ring (bicyclic) bond motifs is 1. The van der Waals surface area contributed by atoms with Crippen LogP contribution < -0.4 is 0 Å². The van der Waals surface area contributed by atoms with Crippen LogP contribution in [0.4, 0.5) is 0 Å². The summed E-state index contributed by atoms with van der Waals surface area (Å²) in [5, 5.41) is 9.25. The number of carboxylic acids is 1. The van der Waals surface area contributed by atoms with Gasteiger partial charge in [-0.3, -0.25) is 0 Å². The maximum Gasteiger partial charge on any atom is 0.337 e. The number of nitrogens with one attached hydrogen (secondary N) is 2. The highest BCUT2D eigenvalue weighted by Crippen LogP contribution is 2.21. The van der Waals surface area contributed by atoms with Crippen LogP contribution in [0.25, 0.3) is 11.0 Å². The highest BCUT2D eigenvalue weighted by molar-refractivity contribution is 7.71. The molecule has 1 aromatic carbocycles. The summed E-state index contributed by atoms with van der Waals surface area (Å²) in [5.41, 5.74) is 1.17. The van der Waals surface area contributed by atoms with Crippen molar-refractivity contribution in [1.29, 1.82) is 0 Å². The molecule has 2 aromatic rings. The zero-order valence-electron chi connectivity index (χ0n) is 6.80. The molecule has 0 amide bonds. The van der Waals surface area contributed by atoms with Crippen molar-refractivity contribution in [2.45, 2.75) is 0 Å². The highest BCUT2D eigenvalue weighted by Gasteiger charge is 2.11. The molecular weight excluding hydrogens is 224 g/mol. The van der Waals surface area contributed by atoms with Crippen molar-refractivity contribution in [2.24, 2.45) is 0 Å². The van der Waals surface area contributed by atoms with Gasteiger partial charge >= 0.3 is 5.97 Å². The normalized spacial score (nSPS) is 10.6. The first-order valence-corrected chi connectivity index (χ1v) is 4.51. The summed E-state index contributed by atoms with van der Waals surface area (Å²) >= 11 is 10.6. The van der Waals surface area contributed by atoms with Crippen molar-refractivity contribution in [3.63, 3.8) is 0 Å². The van der Waals surface area contributed by atoms with Crippen LogP contribution >= 0.6 is 23.8 Å².